The van der Waals surface area contributed by atoms with Gasteiger partial charge >= 0.3 is 0 Å². The van der Waals surface area contributed by atoms with Gasteiger partial charge in [-0.1, -0.05) is 6.07 Å². The maximum atomic E-state index is 13.8. The third-order valence-electron chi connectivity index (χ3n) is 4.28. The molecule has 21 heavy (non-hydrogen) atoms. The van der Waals surface area contributed by atoms with Crippen molar-refractivity contribution in [3.8, 4) is 0 Å². The van der Waals surface area contributed by atoms with Crippen molar-refractivity contribution in [2.75, 3.05) is 0 Å². The van der Waals surface area contributed by atoms with Gasteiger partial charge in [0, 0.05) is 22.4 Å². The Hall–Kier alpha value is -1.30. The van der Waals surface area contributed by atoms with Crippen LogP contribution in [0.4, 0.5) is 8.78 Å². The molecule has 3 N–H and O–H groups in total. The zero-order valence-corrected chi connectivity index (χ0v) is 12.4. The van der Waals surface area contributed by atoms with Gasteiger partial charge in [-0.25, -0.2) is 8.78 Å². The van der Waals surface area contributed by atoms with E-state index < -0.39 is 11.6 Å². The lowest BCUT2D eigenvalue weighted by atomic mass is 9.80. The van der Waals surface area contributed by atoms with Gasteiger partial charge in [-0.15, -0.1) is 11.3 Å². The van der Waals surface area contributed by atoms with Crippen LogP contribution in [0.2, 0.25) is 0 Å². The van der Waals surface area contributed by atoms with Crippen molar-refractivity contribution in [3.05, 3.63) is 57.3 Å². The smallest absolute Gasteiger partial charge is 0.129 e. The fourth-order valence-corrected chi connectivity index (χ4v) is 4.20. The summed E-state index contributed by atoms with van der Waals surface area (Å²) in [5, 5.41) is 2.08. The van der Waals surface area contributed by atoms with Crippen molar-refractivity contribution in [3.63, 3.8) is 0 Å². The molecule has 2 nitrogen and oxygen atoms in total. The van der Waals surface area contributed by atoms with Crippen molar-refractivity contribution in [2.45, 2.75) is 37.6 Å². The number of rotatable bonds is 4. The third kappa shape index (κ3) is 2.86. The van der Waals surface area contributed by atoms with Crippen molar-refractivity contribution >= 4 is 11.3 Å². The Kier molecular flexibility index (Phi) is 4.33. The number of benzene rings is 1. The van der Waals surface area contributed by atoms with Crippen LogP contribution in [0.5, 0.6) is 0 Å². The molecular formula is C16H18F2N2S. The molecule has 0 saturated heterocycles. The minimum Gasteiger partial charge on any atom is -0.271 e. The summed E-state index contributed by atoms with van der Waals surface area (Å²) in [6.45, 7) is 0. The SMILES string of the molecule is NNC(Cc1c(F)cccc1F)C1CCCc2sccc21. The summed E-state index contributed by atoms with van der Waals surface area (Å²) in [5.41, 5.74) is 4.17. The maximum absolute atomic E-state index is 13.8. The predicted octanol–water partition coefficient (Wildman–Crippen LogP) is 3.52. The number of fused-ring (bicyclic) bond motifs is 1. The molecule has 0 radical (unpaired) electrons. The second-order valence-corrected chi connectivity index (χ2v) is 6.48. The summed E-state index contributed by atoms with van der Waals surface area (Å²) >= 11 is 1.75. The molecule has 1 aromatic heterocycles. The molecule has 1 aromatic carbocycles. The van der Waals surface area contributed by atoms with Crippen LogP contribution in [0.1, 0.15) is 34.8 Å². The molecule has 112 valence electrons. The van der Waals surface area contributed by atoms with Crippen molar-refractivity contribution in [2.24, 2.45) is 5.84 Å². The lowest BCUT2D eigenvalue weighted by Crippen LogP contribution is -2.42. The molecule has 2 atom stereocenters. The van der Waals surface area contributed by atoms with Crippen LogP contribution in [0.25, 0.3) is 0 Å². The quantitative estimate of drug-likeness (QED) is 0.670. The van der Waals surface area contributed by atoms with E-state index in [-0.39, 0.29) is 23.9 Å². The van der Waals surface area contributed by atoms with E-state index in [4.69, 9.17) is 5.84 Å². The third-order valence-corrected chi connectivity index (χ3v) is 5.28. The summed E-state index contributed by atoms with van der Waals surface area (Å²) in [6, 6.07) is 5.93. The number of nitrogens with two attached hydrogens (primary N) is 1. The summed E-state index contributed by atoms with van der Waals surface area (Å²) in [6.07, 6.45) is 3.44. The largest absolute Gasteiger partial charge is 0.271 e. The molecule has 1 aliphatic carbocycles. The molecule has 0 spiro atoms. The van der Waals surface area contributed by atoms with Crippen LogP contribution in [0.15, 0.2) is 29.6 Å². The van der Waals surface area contributed by atoms with Gasteiger partial charge in [0.05, 0.1) is 0 Å². The van der Waals surface area contributed by atoms with E-state index in [1.54, 1.807) is 11.3 Å². The van der Waals surface area contributed by atoms with Gasteiger partial charge in [0.15, 0.2) is 0 Å². The average molecular weight is 308 g/mol. The van der Waals surface area contributed by atoms with Crippen LogP contribution in [-0.2, 0) is 12.8 Å². The summed E-state index contributed by atoms with van der Waals surface area (Å²) < 4.78 is 27.7. The van der Waals surface area contributed by atoms with Crippen molar-refractivity contribution in [1.29, 1.82) is 0 Å². The van der Waals surface area contributed by atoms with E-state index in [2.05, 4.69) is 16.9 Å². The summed E-state index contributed by atoms with van der Waals surface area (Å²) in [5.74, 6) is 4.89. The first kappa shape index (κ1) is 14.6. The van der Waals surface area contributed by atoms with Crippen LogP contribution >= 0.6 is 11.3 Å². The molecule has 0 aliphatic heterocycles. The minimum atomic E-state index is -0.503. The van der Waals surface area contributed by atoms with E-state index >= 15 is 0 Å². The number of thiophene rings is 1. The van der Waals surface area contributed by atoms with Crippen LogP contribution in [0.3, 0.4) is 0 Å². The molecule has 0 saturated carbocycles. The number of hydrogen-bond acceptors (Lipinski definition) is 3. The molecule has 3 rings (SSSR count). The number of hydrazine groups is 1. The zero-order chi connectivity index (χ0) is 14.8. The molecule has 1 heterocycles. The normalized spacial score (nSPS) is 19.3. The van der Waals surface area contributed by atoms with Gasteiger partial charge in [-0.05, 0) is 54.8 Å². The van der Waals surface area contributed by atoms with E-state index in [0.717, 1.165) is 19.3 Å². The Labute approximate surface area is 127 Å². The predicted molar refractivity (Wildman–Crippen MR) is 81.2 cm³/mol. The Morgan fingerprint density at radius 3 is 2.76 bits per heavy atom. The molecular weight excluding hydrogens is 290 g/mol. The Morgan fingerprint density at radius 1 is 1.29 bits per heavy atom. The highest BCUT2D eigenvalue weighted by molar-refractivity contribution is 7.10. The second-order valence-electron chi connectivity index (χ2n) is 5.48. The Morgan fingerprint density at radius 2 is 2.05 bits per heavy atom. The average Bonchev–Trinajstić information content (AvgIpc) is 2.96. The van der Waals surface area contributed by atoms with Gasteiger partial charge < -0.3 is 0 Å². The lowest BCUT2D eigenvalue weighted by molar-refractivity contribution is 0.387. The zero-order valence-electron chi connectivity index (χ0n) is 11.6. The molecule has 2 aromatic rings. The maximum Gasteiger partial charge on any atom is 0.129 e. The molecule has 0 amide bonds. The molecule has 0 bridgehead atoms. The van der Waals surface area contributed by atoms with E-state index in [1.165, 1.54) is 28.6 Å². The van der Waals surface area contributed by atoms with Crippen LogP contribution < -0.4 is 11.3 Å². The number of hydrogen-bond donors (Lipinski definition) is 2. The highest BCUT2D eigenvalue weighted by atomic mass is 32.1. The van der Waals surface area contributed by atoms with Crippen LogP contribution in [0, 0.1) is 11.6 Å². The standard InChI is InChI=1S/C16H18F2N2S/c17-13-4-2-5-14(18)12(13)9-15(20-19)10-3-1-6-16-11(10)7-8-21-16/h2,4-5,7-8,10,15,20H,1,3,6,9,19H2. The second kappa shape index (κ2) is 6.22. The number of nitrogens with one attached hydrogen (secondary N) is 1. The number of halogens is 2. The van der Waals surface area contributed by atoms with Gasteiger partial charge in [-0.2, -0.15) is 0 Å². The molecule has 1 aliphatic rings. The highest BCUT2D eigenvalue weighted by Gasteiger charge is 2.29. The molecule has 2 unspecified atom stereocenters. The first-order valence-corrected chi connectivity index (χ1v) is 8.04. The first-order valence-electron chi connectivity index (χ1n) is 7.16. The van der Waals surface area contributed by atoms with Gasteiger partial charge in [0.25, 0.3) is 0 Å². The fraction of sp³-hybridized carbons (Fsp3) is 0.375. The van der Waals surface area contributed by atoms with Gasteiger partial charge in [-0.3, -0.25) is 11.3 Å². The highest BCUT2D eigenvalue weighted by Crippen LogP contribution is 2.37. The Bertz CT molecular complexity index is 606. The minimum absolute atomic E-state index is 0.114. The van der Waals surface area contributed by atoms with Crippen LogP contribution in [-0.4, -0.2) is 6.04 Å². The number of aryl methyl sites for hydroxylation is 1. The van der Waals surface area contributed by atoms with Crippen molar-refractivity contribution in [1.82, 2.24) is 5.43 Å². The van der Waals surface area contributed by atoms with Gasteiger partial charge in [0.2, 0.25) is 0 Å². The summed E-state index contributed by atoms with van der Waals surface area (Å²) in [4.78, 5) is 1.38. The van der Waals surface area contributed by atoms with Crippen molar-refractivity contribution < 1.29 is 8.78 Å². The van der Waals surface area contributed by atoms with E-state index in [9.17, 15) is 8.78 Å². The monoisotopic (exact) mass is 308 g/mol. The molecule has 5 heteroatoms. The summed E-state index contributed by atoms with van der Waals surface area (Å²) in [7, 11) is 0. The lowest BCUT2D eigenvalue weighted by Gasteiger charge is -2.30. The first-order chi connectivity index (χ1) is 10.2. The van der Waals surface area contributed by atoms with Gasteiger partial charge in [0.1, 0.15) is 11.6 Å². The Balaban J connectivity index is 1.87. The van der Waals surface area contributed by atoms with E-state index in [1.807, 2.05) is 0 Å². The van der Waals surface area contributed by atoms with E-state index in [0.29, 0.717) is 0 Å². The topological polar surface area (TPSA) is 38.0 Å². The fourth-order valence-electron chi connectivity index (χ4n) is 3.20. The molecule has 0 fully saturated rings.